The number of halogens is 3. The van der Waals surface area contributed by atoms with E-state index in [9.17, 15) is 23.1 Å². The van der Waals surface area contributed by atoms with Gasteiger partial charge in [-0.05, 0) is 18.9 Å². The Morgan fingerprint density at radius 2 is 2.29 bits per heavy atom. The molecule has 1 aliphatic rings. The average Bonchev–Trinajstić information content (AvgIpc) is 2.72. The second-order valence-corrected chi connectivity index (χ2v) is 5.18. The van der Waals surface area contributed by atoms with E-state index in [0.29, 0.717) is 6.42 Å². The first-order valence-electron chi connectivity index (χ1n) is 6.52. The number of hydrogen-bond donors (Lipinski definition) is 3. The molecule has 0 spiro atoms. The third-order valence-corrected chi connectivity index (χ3v) is 3.30. The molecule has 0 bridgehead atoms. The summed E-state index contributed by atoms with van der Waals surface area (Å²) >= 11 is 0. The predicted octanol–water partition coefficient (Wildman–Crippen LogP) is 0.134. The van der Waals surface area contributed by atoms with E-state index in [1.165, 1.54) is 0 Å². The minimum Gasteiger partial charge on any atom is -0.391 e. The number of hydrogen-bond acceptors (Lipinski definition) is 4. The number of aliphatic hydroxyl groups is 1. The van der Waals surface area contributed by atoms with Crippen LogP contribution in [-0.4, -0.2) is 52.2 Å². The number of nitrogens with zero attached hydrogens (tertiary/aromatic N) is 2. The fourth-order valence-corrected chi connectivity index (χ4v) is 2.29. The maximum Gasteiger partial charge on any atom is 0.401 e. The van der Waals surface area contributed by atoms with Gasteiger partial charge >= 0.3 is 6.18 Å². The molecule has 0 aromatic carbocycles. The molecule has 1 aliphatic carbocycles. The summed E-state index contributed by atoms with van der Waals surface area (Å²) in [5, 5.41) is 18.5. The molecule has 1 aromatic heterocycles. The summed E-state index contributed by atoms with van der Waals surface area (Å²) in [6, 6.07) is -0.718. The zero-order valence-corrected chi connectivity index (χ0v) is 11.4. The van der Waals surface area contributed by atoms with Crippen LogP contribution in [0, 0.1) is 6.92 Å². The molecule has 0 radical (unpaired) electrons. The second kappa shape index (κ2) is 6.02. The Labute approximate surface area is 119 Å². The van der Waals surface area contributed by atoms with Crippen LogP contribution in [0.5, 0.6) is 0 Å². The number of carbonyl (C=O) groups excluding carboxylic acids is 1. The fraction of sp³-hybridized carbons (Fsp3) is 0.667. The maximum absolute atomic E-state index is 11.9. The van der Waals surface area contributed by atoms with E-state index in [1.54, 1.807) is 17.1 Å². The highest BCUT2D eigenvalue weighted by Crippen LogP contribution is 2.32. The van der Waals surface area contributed by atoms with Gasteiger partial charge in [0, 0.05) is 6.20 Å². The molecule has 0 saturated heterocycles. The summed E-state index contributed by atoms with van der Waals surface area (Å²) < 4.78 is 37.4. The lowest BCUT2D eigenvalue weighted by Gasteiger charge is -2.41. The van der Waals surface area contributed by atoms with Crippen LogP contribution < -0.4 is 10.6 Å². The van der Waals surface area contributed by atoms with E-state index in [0.717, 1.165) is 5.56 Å². The second-order valence-electron chi connectivity index (χ2n) is 5.18. The van der Waals surface area contributed by atoms with Crippen molar-refractivity contribution in [3.63, 3.8) is 0 Å². The van der Waals surface area contributed by atoms with Crippen molar-refractivity contribution < 1.29 is 23.1 Å². The van der Waals surface area contributed by atoms with Gasteiger partial charge in [0.15, 0.2) is 0 Å². The Hall–Kier alpha value is -1.61. The van der Waals surface area contributed by atoms with Crippen LogP contribution in [0.3, 0.4) is 0 Å². The molecule has 9 heteroatoms. The van der Waals surface area contributed by atoms with Crippen molar-refractivity contribution in [2.75, 3.05) is 13.1 Å². The quantitative estimate of drug-likeness (QED) is 0.723. The van der Waals surface area contributed by atoms with Gasteiger partial charge in [0.1, 0.15) is 0 Å². The summed E-state index contributed by atoms with van der Waals surface area (Å²) in [5.41, 5.74) is 0.922. The van der Waals surface area contributed by atoms with Crippen LogP contribution >= 0.6 is 0 Å². The van der Waals surface area contributed by atoms with Crippen molar-refractivity contribution in [1.82, 2.24) is 20.4 Å². The molecular weight excluding hydrogens is 289 g/mol. The van der Waals surface area contributed by atoms with Gasteiger partial charge in [-0.3, -0.25) is 9.48 Å². The predicted molar refractivity (Wildman–Crippen MR) is 67.5 cm³/mol. The summed E-state index contributed by atoms with van der Waals surface area (Å²) in [6.07, 6.45) is -1.24. The minimum absolute atomic E-state index is 0.334. The van der Waals surface area contributed by atoms with Crippen molar-refractivity contribution >= 4 is 5.91 Å². The van der Waals surface area contributed by atoms with E-state index < -0.39 is 31.3 Å². The monoisotopic (exact) mass is 306 g/mol. The molecule has 1 saturated carbocycles. The Morgan fingerprint density at radius 1 is 1.57 bits per heavy atom. The van der Waals surface area contributed by atoms with E-state index in [4.69, 9.17) is 0 Å². The molecular formula is C12H17F3N4O2. The number of aryl methyl sites for hydroxylation is 1. The third kappa shape index (κ3) is 4.18. The van der Waals surface area contributed by atoms with Crippen LogP contribution in [0.2, 0.25) is 0 Å². The number of aromatic nitrogens is 2. The highest BCUT2D eigenvalue weighted by Gasteiger charge is 2.42. The van der Waals surface area contributed by atoms with Crippen molar-refractivity contribution in [2.24, 2.45) is 0 Å². The molecule has 1 heterocycles. The first kappa shape index (κ1) is 15.8. The molecule has 0 aliphatic heterocycles. The molecule has 1 aromatic rings. The van der Waals surface area contributed by atoms with Gasteiger partial charge in [-0.2, -0.15) is 18.3 Å². The molecule has 1 fully saturated rings. The van der Waals surface area contributed by atoms with Gasteiger partial charge in [-0.15, -0.1) is 0 Å². The molecule has 3 N–H and O–H groups in total. The highest BCUT2D eigenvalue weighted by atomic mass is 19.4. The minimum atomic E-state index is -4.35. The van der Waals surface area contributed by atoms with Gasteiger partial charge in [-0.25, -0.2) is 0 Å². The fourth-order valence-electron chi connectivity index (χ4n) is 2.29. The first-order chi connectivity index (χ1) is 9.76. The van der Waals surface area contributed by atoms with Gasteiger partial charge < -0.3 is 15.7 Å². The van der Waals surface area contributed by atoms with Crippen molar-refractivity contribution in [3.8, 4) is 0 Å². The van der Waals surface area contributed by atoms with Crippen molar-refractivity contribution in [2.45, 2.75) is 37.7 Å². The topological polar surface area (TPSA) is 79.2 Å². The number of amides is 1. The van der Waals surface area contributed by atoms with Crippen LogP contribution in [0.4, 0.5) is 13.2 Å². The molecule has 3 atom stereocenters. The SMILES string of the molecule is Cc1cnn([C@H]2[C@H](O)C[C@@H]2NC(=O)CNCC(F)(F)F)c1. The van der Waals surface area contributed by atoms with Gasteiger partial charge in [-0.1, -0.05) is 0 Å². The smallest absolute Gasteiger partial charge is 0.391 e. The standard InChI is InChI=1S/C12H17F3N4O2/c1-7-3-17-19(5-7)11-8(2-9(11)20)18-10(21)4-16-6-12(13,14)15/h3,5,8-9,11,16,20H,2,4,6H2,1H3,(H,18,21)/t8-,9+,11+/m0/s1. The Morgan fingerprint density at radius 3 is 2.81 bits per heavy atom. The molecule has 21 heavy (non-hydrogen) atoms. The van der Waals surface area contributed by atoms with Crippen LogP contribution in [-0.2, 0) is 4.79 Å². The normalized spacial score (nSPS) is 25.5. The van der Waals surface area contributed by atoms with E-state index in [2.05, 4.69) is 10.4 Å². The van der Waals surface area contributed by atoms with Crippen LogP contribution in [0.25, 0.3) is 0 Å². The third-order valence-electron chi connectivity index (χ3n) is 3.30. The molecule has 118 valence electrons. The molecule has 6 nitrogen and oxygen atoms in total. The lowest BCUT2D eigenvalue weighted by Crippen LogP contribution is -2.57. The molecule has 1 amide bonds. The molecule has 2 rings (SSSR count). The van der Waals surface area contributed by atoms with Crippen LogP contribution in [0.1, 0.15) is 18.0 Å². The average molecular weight is 306 g/mol. The summed E-state index contributed by atoms with van der Waals surface area (Å²) in [4.78, 5) is 11.6. The molecule has 0 unspecified atom stereocenters. The highest BCUT2D eigenvalue weighted by molar-refractivity contribution is 5.78. The van der Waals surface area contributed by atoms with Gasteiger partial charge in [0.25, 0.3) is 0 Å². The van der Waals surface area contributed by atoms with Crippen molar-refractivity contribution in [1.29, 1.82) is 0 Å². The van der Waals surface area contributed by atoms with Gasteiger partial charge in [0.05, 0.1) is 37.5 Å². The summed E-state index contributed by atoms with van der Waals surface area (Å²) in [6.45, 7) is 0.218. The number of nitrogens with one attached hydrogen (secondary N) is 2. The number of carbonyl (C=O) groups is 1. The Balaban J connectivity index is 1.81. The van der Waals surface area contributed by atoms with E-state index >= 15 is 0 Å². The number of aliphatic hydroxyl groups excluding tert-OH is 1. The number of alkyl halides is 3. The Kier molecular flexibility index (Phi) is 4.52. The zero-order valence-electron chi connectivity index (χ0n) is 11.4. The van der Waals surface area contributed by atoms with E-state index in [1.807, 2.05) is 12.2 Å². The Bertz CT molecular complexity index is 503. The zero-order chi connectivity index (χ0) is 15.6. The first-order valence-corrected chi connectivity index (χ1v) is 6.52. The van der Waals surface area contributed by atoms with Gasteiger partial charge in [0.2, 0.25) is 5.91 Å². The summed E-state index contributed by atoms with van der Waals surface area (Å²) in [7, 11) is 0. The maximum atomic E-state index is 11.9. The van der Waals surface area contributed by atoms with Crippen molar-refractivity contribution in [3.05, 3.63) is 18.0 Å². The van der Waals surface area contributed by atoms with E-state index in [-0.39, 0.29) is 12.1 Å². The largest absolute Gasteiger partial charge is 0.401 e. The van der Waals surface area contributed by atoms with Crippen LogP contribution in [0.15, 0.2) is 12.4 Å². The lowest BCUT2D eigenvalue weighted by molar-refractivity contribution is -0.129. The lowest BCUT2D eigenvalue weighted by atomic mass is 9.83. The number of rotatable bonds is 5. The summed E-state index contributed by atoms with van der Waals surface area (Å²) in [5.74, 6) is -0.537.